The van der Waals surface area contributed by atoms with Crippen molar-refractivity contribution in [3.63, 3.8) is 0 Å². The third kappa shape index (κ3) is 4.24. The van der Waals surface area contributed by atoms with Crippen LogP contribution in [0.4, 0.5) is 13.2 Å². The molecule has 0 spiro atoms. The molecule has 0 unspecified atom stereocenters. The van der Waals surface area contributed by atoms with Gasteiger partial charge in [0.15, 0.2) is 0 Å². The number of nitrogens with one attached hydrogen (secondary N) is 1. The van der Waals surface area contributed by atoms with Gasteiger partial charge in [-0.1, -0.05) is 6.92 Å². The molecule has 0 bridgehead atoms. The second-order valence-corrected chi connectivity index (χ2v) is 4.35. The van der Waals surface area contributed by atoms with E-state index in [1.54, 1.807) is 0 Å². The molecule has 2 amide bonds. The van der Waals surface area contributed by atoms with Gasteiger partial charge in [-0.05, 0) is 19.3 Å². The smallest absolute Gasteiger partial charge is 0.356 e. The van der Waals surface area contributed by atoms with E-state index in [-0.39, 0.29) is 30.8 Å². The first-order valence-corrected chi connectivity index (χ1v) is 5.33. The molecule has 0 aromatic heterocycles. The van der Waals surface area contributed by atoms with Crippen molar-refractivity contribution >= 4 is 11.8 Å². The quantitative estimate of drug-likeness (QED) is 0.740. The normalized spacial score (nSPS) is 17.4. The summed E-state index contributed by atoms with van der Waals surface area (Å²) in [7, 11) is 0. The highest BCUT2D eigenvalue weighted by atomic mass is 19.4. The highest BCUT2D eigenvalue weighted by Crippen LogP contribution is 2.44. The van der Waals surface area contributed by atoms with Crippen LogP contribution in [-0.4, -0.2) is 31.1 Å². The maximum Gasteiger partial charge on any atom is 0.473 e. The molecule has 4 nitrogen and oxygen atoms in total. The molecule has 1 aliphatic rings. The molecule has 1 fully saturated rings. The van der Waals surface area contributed by atoms with Crippen molar-refractivity contribution in [3.05, 3.63) is 0 Å². The largest absolute Gasteiger partial charge is 0.473 e. The van der Waals surface area contributed by atoms with E-state index in [0.29, 0.717) is 0 Å². The van der Waals surface area contributed by atoms with Crippen molar-refractivity contribution in [2.75, 3.05) is 13.1 Å². The maximum atomic E-state index is 11.7. The standard InChI is InChI=1S/C10H14F3N2O2/c1-9(3-4-9)7(16)14-5-2-6-15-8(17)10(11,12)13/h2-6H2,1H3,(H,14,16). The highest BCUT2D eigenvalue weighted by molar-refractivity contribution is 5.84. The van der Waals surface area contributed by atoms with E-state index in [9.17, 15) is 22.8 Å². The number of carbonyl (C=O) groups is 2. The van der Waals surface area contributed by atoms with Gasteiger partial charge in [0.1, 0.15) is 0 Å². The van der Waals surface area contributed by atoms with Gasteiger partial charge in [-0.15, -0.1) is 0 Å². The molecule has 1 rings (SSSR count). The minimum absolute atomic E-state index is 0.0837. The van der Waals surface area contributed by atoms with Gasteiger partial charge in [0.2, 0.25) is 5.91 Å². The highest BCUT2D eigenvalue weighted by Gasteiger charge is 2.44. The number of hydrogen-bond donors (Lipinski definition) is 1. The lowest BCUT2D eigenvalue weighted by Gasteiger charge is -2.09. The minimum Gasteiger partial charge on any atom is -0.356 e. The molecule has 7 heteroatoms. The molecule has 97 valence electrons. The van der Waals surface area contributed by atoms with Gasteiger partial charge in [-0.2, -0.15) is 13.2 Å². The number of nitrogens with zero attached hydrogens (tertiary/aromatic N) is 1. The zero-order valence-electron chi connectivity index (χ0n) is 9.43. The fourth-order valence-electron chi connectivity index (χ4n) is 1.18. The maximum absolute atomic E-state index is 11.7. The zero-order valence-corrected chi connectivity index (χ0v) is 9.43. The van der Waals surface area contributed by atoms with Crippen LogP contribution in [0, 0.1) is 5.41 Å². The lowest BCUT2D eigenvalue weighted by atomic mass is 10.1. The van der Waals surface area contributed by atoms with Gasteiger partial charge in [-0.25, -0.2) is 5.32 Å². The Morgan fingerprint density at radius 3 is 2.41 bits per heavy atom. The van der Waals surface area contributed by atoms with E-state index in [1.165, 1.54) is 0 Å². The summed E-state index contributed by atoms with van der Waals surface area (Å²) in [6.07, 6.45) is -2.99. The summed E-state index contributed by atoms with van der Waals surface area (Å²) in [5.74, 6) is -2.15. The van der Waals surface area contributed by atoms with Gasteiger partial charge in [0.25, 0.3) is 0 Å². The fraction of sp³-hybridized carbons (Fsp3) is 0.800. The summed E-state index contributed by atoms with van der Waals surface area (Å²) < 4.78 is 35.2. The SMILES string of the molecule is CC1(C(=O)NCCC[N]C(=O)C(F)(F)F)CC1. The Balaban J connectivity index is 2.05. The predicted octanol–water partition coefficient (Wildman–Crippen LogP) is 0.986. The number of alkyl halides is 3. The van der Waals surface area contributed by atoms with E-state index in [0.717, 1.165) is 12.8 Å². The predicted molar refractivity (Wildman–Crippen MR) is 53.0 cm³/mol. The third-order valence-electron chi connectivity index (χ3n) is 2.67. The molecule has 1 aliphatic carbocycles. The van der Waals surface area contributed by atoms with Gasteiger partial charge in [0, 0.05) is 18.5 Å². The molecule has 0 aromatic rings. The Bertz CT molecular complexity index is 292. The van der Waals surface area contributed by atoms with Crippen LogP contribution in [0.15, 0.2) is 0 Å². The van der Waals surface area contributed by atoms with Crippen molar-refractivity contribution in [1.82, 2.24) is 10.6 Å². The first kappa shape index (κ1) is 13.8. The fourth-order valence-corrected chi connectivity index (χ4v) is 1.18. The van der Waals surface area contributed by atoms with Crippen LogP contribution in [0.5, 0.6) is 0 Å². The van der Waals surface area contributed by atoms with Gasteiger partial charge in [0.05, 0.1) is 0 Å². The van der Waals surface area contributed by atoms with Gasteiger partial charge < -0.3 is 5.32 Å². The Morgan fingerprint density at radius 2 is 1.94 bits per heavy atom. The van der Waals surface area contributed by atoms with Crippen molar-refractivity contribution < 1.29 is 22.8 Å². The summed E-state index contributed by atoms with van der Waals surface area (Å²) in [5.41, 5.74) is -0.293. The second kappa shape index (κ2) is 4.93. The number of rotatable bonds is 5. The van der Waals surface area contributed by atoms with Crippen LogP contribution < -0.4 is 10.6 Å². The number of hydrogen-bond acceptors (Lipinski definition) is 2. The molecule has 1 saturated carbocycles. The van der Waals surface area contributed by atoms with E-state index in [2.05, 4.69) is 10.6 Å². The molecule has 0 aromatic carbocycles. The van der Waals surface area contributed by atoms with Gasteiger partial charge in [-0.3, -0.25) is 9.59 Å². The summed E-state index contributed by atoms with van der Waals surface area (Å²) >= 11 is 0. The second-order valence-electron chi connectivity index (χ2n) is 4.35. The first-order chi connectivity index (χ1) is 7.76. The molecule has 0 saturated heterocycles. The van der Waals surface area contributed by atoms with Crippen molar-refractivity contribution in [2.45, 2.75) is 32.4 Å². The van der Waals surface area contributed by atoms with Crippen molar-refractivity contribution in [1.29, 1.82) is 0 Å². The van der Waals surface area contributed by atoms with Crippen LogP contribution in [0.1, 0.15) is 26.2 Å². The van der Waals surface area contributed by atoms with Crippen LogP contribution in [0.25, 0.3) is 0 Å². The first-order valence-electron chi connectivity index (χ1n) is 5.33. The topological polar surface area (TPSA) is 60.3 Å². The molecular weight excluding hydrogens is 237 g/mol. The van der Waals surface area contributed by atoms with Crippen LogP contribution in [0.2, 0.25) is 0 Å². The third-order valence-corrected chi connectivity index (χ3v) is 2.67. The molecule has 0 aliphatic heterocycles. The number of carbonyl (C=O) groups excluding carboxylic acids is 2. The summed E-state index contributed by atoms with van der Waals surface area (Å²) in [6.45, 7) is 1.85. The summed E-state index contributed by atoms with van der Waals surface area (Å²) in [5, 5.41) is 5.46. The van der Waals surface area contributed by atoms with Crippen LogP contribution in [0.3, 0.4) is 0 Å². The van der Waals surface area contributed by atoms with Gasteiger partial charge >= 0.3 is 12.1 Å². The average molecular weight is 251 g/mol. The van der Waals surface area contributed by atoms with Crippen molar-refractivity contribution in [2.24, 2.45) is 5.41 Å². The Morgan fingerprint density at radius 1 is 1.35 bits per heavy atom. The lowest BCUT2D eigenvalue weighted by molar-refractivity contribution is -0.173. The van der Waals surface area contributed by atoms with Crippen LogP contribution >= 0.6 is 0 Å². The lowest BCUT2D eigenvalue weighted by Crippen LogP contribution is -2.35. The minimum atomic E-state index is -4.90. The van der Waals surface area contributed by atoms with E-state index >= 15 is 0 Å². The van der Waals surface area contributed by atoms with Crippen LogP contribution in [-0.2, 0) is 9.59 Å². The zero-order chi connectivity index (χ0) is 13.1. The van der Waals surface area contributed by atoms with E-state index < -0.39 is 12.1 Å². The monoisotopic (exact) mass is 251 g/mol. The number of amides is 2. The molecule has 0 heterocycles. The number of halogens is 3. The molecular formula is C10H14F3N2O2. The molecule has 1 N–H and O–H groups in total. The molecule has 17 heavy (non-hydrogen) atoms. The molecule has 1 radical (unpaired) electrons. The van der Waals surface area contributed by atoms with E-state index in [1.807, 2.05) is 6.92 Å². The average Bonchev–Trinajstić information content (AvgIpc) is 2.95. The van der Waals surface area contributed by atoms with Crippen molar-refractivity contribution in [3.8, 4) is 0 Å². The van der Waals surface area contributed by atoms with E-state index in [4.69, 9.17) is 0 Å². The summed E-state index contributed by atoms with van der Waals surface area (Å²) in [6, 6.07) is 0. The Hall–Kier alpha value is -1.27. The molecule has 0 atom stereocenters. The Kier molecular flexibility index (Phi) is 4.00. The summed E-state index contributed by atoms with van der Waals surface area (Å²) in [4.78, 5) is 21.7. The Labute approximate surface area is 96.9 Å².